The summed E-state index contributed by atoms with van der Waals surface area (Å²) in [5.41, 5.74) is -0.114. The highest BCUT2D eigenvalue weighted by molar-refractivity contribution is 5.33. The summed E-state index contributed by atoms with van der Waals surface area (Å²) in [7, 11) is 0. The first-order valence-corrected chi connectivity index (χ1v) is 7.90. The quantitative estimate of drug-likeness (QED) is 0.855. The second kappa shape index (κ2) is 6.84. The highest BCUT2D eigenvalue weighted by atomic mass is 19.4. The van der Waals surface area contributed by atoms with E-state index in [0.29, 0.717) is 18.9 Å². The number of hydrogen-bond acceptors (Lipinski definition) is 3. The van der Waals surface area contributed by atoms with Gasteiger partial charge >= 0.3 is 6.18 Å². The molecule has 0 radical (unpaired) electrons. The average molecular weight is 352 g/mol. The number of likely N-dealkylation sites (tertiary alicyclic amines) is 1. The summed E-state index contributed by atoms with van der Waals surface area (Å²) < 4.78 is 51.8. The summed E-state index contributed by atoms with van der Waals surface area (Å²) in [5.74, 6) is -0.342. The number of aromatic amines is 1. The second-order valence-corrected chi connectivity index (χ2v) is 6.18. The molecule has 0 bridgehead atoms. The third kappa shape index (κ3) is 3.99. The third-order valence-electron chi connectivity index (χ3n) is 4.35. The minimum Gasteiger partial charge on any atom is -0.338 e. The van der Waals surface area contributed by atoms with E-state index in [1.54, 1.807) is 12.1 Å². The molecule has 1 saturated heterocycles. The van der Waals surface area contributed by atoms with Gasteiger partial charge in [0.25, 0.3) is 0 Å². The predicted molar refractivity (Wildman–Crippen MR) is 82.0 cm³/mol. The van der Waals surface area contributed by atoms with Crippen LogP contribution in [0, 0.1) is 17.1 Å². The topological polar surface area (TPSA) is 55.7 Å². The first kappa shape index (κ1) is 17.4. The maximum absolute atomic E-state index is 13.7. The van der Waals surface area contributed by atoms with Crippen LogP contribution < -0.4 is 0 Å². The van der Waals surface area contributed by atoms with Gasteiger partial charge in [-0.15, -0.1) is 0 Å². The molecule has 132 valence electrons. The Kier molecular flexibility index (Phi) is 4.77. The van der Waals surface area contributed by atoms with Crippen LogP contribution in [0.15, 0.2) is 24.4 Å². The number of nitrogens with one attached hydrogen (secondary N) is 1. The fourth-order valence-corrected chi connectivity index (χ4v) is 3.12. The molecule has 2 aromatic rings. The lowest BCUT2D eigenvalue weighted by atomic mass is 9.97. The van der Waals surface area contributed by atoms with Gasteiger partial charge in [0.1, 0.15) is 23.4 Å². The summed E-state index contributed by atoms with van der Waals surface area (Å²) in [5, 5.41) is 8.76. The van der Waals surface area contributed by atoms with E-state index in [-0.39, 0.29) is 11.5 Å². The first-order chi connectivity index (χ1) is 11.9. The number of rotatable bonds is 3. The van der Waals surface area contributed by atoms with E-state index in [1.165, 1.54) is 12.1 Å². The molecular formula is C17H16F4N4. The van der Waals surface area contributed by atoms with E-state index in [9.17, 15) is 17.6 Å². The van der Waals surface area contributed by atoms with Crippen molar-refractivity contribution in [2.24, 2.45) is 0 Å². The van der Waals surface area contributed by atoms with Crippen molar-refractivity contribution in [2.75, 3.05) is 13.1 Å². The van der Waals surface area contributed by atoms with E-state index in [4.69, 9.17) is 5.26 Å². The number of benzene rings is 1. The first-order valence-electron chi connectivity index (χ1n) is 7.90. The molecule has 2 heterocycles. The predicted octanol–water partition coefficient (Wildman–Crippen LogP) is 3.82. The summed E-state index contributed by atoms with van der Waals surface area (Å²) in [4.78, 5) is 8.32. The molecule has 3 rings (SSSR count). The lowest BCUT2D eigenvalue weighted by Crippen LogP contribution is -2.34. The van der Waals surface area contributed by atoms with Crippen LogP contribution in [0.1, 0.15) is 41.4 Å². The number of imidazole rings is 1. The molecule has 0 spiro atoms. The number of H-pyrrole nitrogens is 1. The molecule has 8 heteroatoms. The van der Waals surface area contributed by atoms with Crippen LogP contribution in [-0.2, 0) is 12.7 Å². The Bertz CT molecular complexity index is 791. The number of aromatic nitrogens is 2. The van der Waals surface area contributed by atoms with Crippen LogP contribution in [0.5, 0.6) is 0 Å². The standard InChI is InChI=1S/C17H16F4N4/c18-14-6-11(3-4-12(14)7-22)9-25-5-1-2-13(10-25)16-23-8-15(24-16)17(19,20)21/h3-4,6,8,13H,1-2,5,9-10H2,(H,23,24)/t13-/m1/s1. The molecule has 0 unspecified atom stereocenters. The van der Waals surface area contributed by atoms with Gasteiger partial charge in [0.15, 0.2) is 0 Å². The Hall–Kier alpha value is -2.40. The van der Waals surface area contributed by atoms with Crippen molar-refractivity contribution in [1.82, 2.24) is 14.9 Å². The molecule has 1 N–H and O–H groups in total. The van der Waals surface area contributed by atoms with E-state index in [0.717, 1.165) is 31.1 Å². The molecule has 1 atom stereocenters. The van der Waals surface area contributed by atoms with Gasteiger partial charge in [-0.25, -0.2) is 9.37 Å². The molecule has 0 aliphatic carbocycles. The van der Waals surface area contributed by atoms with E-state index in [1.807, 2.05) is 0 Å². The summed E-state index contributed by atoms with van der Waals surface area (Å²) in [6, 6.07) is 6.24. The van der Waals surface area contributed by atoms with E-state index >= 15 is 0 Å². The smallest absolute Gasteiger partial charge is 0.338 e. The molecule has 0 saturated carbocycles. The van der Waals surface area contributed by atoms with Crippen molar-refractivity contribution >= 4 is 0 Å². The van der Waals surface area contributed by atoms with Gasteiger partial charge in [-0.1, -0.05) is 6.07 Å². The molecule has 0 amide bonds. The zero-order valence-electron chi connectivity index (χ0n) is 13.3. The van der Waals surface area contributed by atoms with Gasteiger partial charge in [0.05, 0.1) is 11.8 Å². The Morgan fingerprint density at radius 3 is 2.80 bits per heavy atom. The minimum atomic E-state index is -4.43. The normalized spacial score (nSPS) is 18.9. The van der Waals surface area contributed by atoms with Gasteiger partial charge in [0.2, 0.25) is 0 Å². The number of nitrogens with zero attached hydrogens (tertiary/aromatic N) is 3. The van der Waals surface area contributed by atoms with Gasteiger partial charge < -0.3 is 4.98 Å². The number of hydrogen-bond donors (Lipinski definition) is 1. The van der Waals surface area contributed by atoms with Gasteiger partial charge in [-0.2, -0.15) is 18.4 Å². The monoisotopic (exact) mass is 352 g/mol. The summed E-state index contributed by atoms with van der Waals surface area (Å²) >= 11 is 0. The Morgan fingerprint density at radius 1 is 1.36 bits per heavy atom. The highest BCUT2D eigenvalue weighted by Gasteiger charge is 2.34. The number of nitriles is 1. The van der Waals surface area contributed by atoms with Crippen molar-refractivity contribution in [2.45, 2.75) is 31.5 Å². The lowest BCUT2D eigenvalue weighted by Gasteiger charge is -2.31. The van der Waals surface area contributed by atoms with Crippen molar-refractivity contribution in [3.8, 4) is 6.07 Å². The van der Waals surface area contributed by atoms with Crippen LogP contribution in [0.2, 0.25) is 0 Å². The largest absolute Gasteiger partial charge is 0.432 e. The number of piperidine rings is 1. The Labute approximate surface area is 142 Å². The van der Waals surface area contributed by atoms with Gasteiger partial charge in [-0.05, 0) is 37.1 Å². The average Bonchev–Trinajstić information content (AvgIpc) is 3.06. The maximum Gasteiger partial charge on any atom is 0.432 e. The second-order valence-electron chi connectivity index (χ2n) is 6.18. The van der Waals surface area contributed by atoms with Crippen LogP contribution in [0.3, 0.4) is 0 Å². The van der Waals surface area contributed by atoms with Crippen LogP contribution in [0.4, 0.5) is 17.6 Å². The molecule has 25 heavy (non-hydrogen) atoms. The van der Waals surface area contributed by atoms with Crippen molar-refractivity contribution in [3.05, 3.63) is 52.9 Å². The van der Waals surface area contributed by atoms with Gasteiger partial charge in [0, 0.05) is 19.0 Å². The fraction of sp³-hybridized carbons (Fsp3) is 0.412. The Morgan fingerprint density at radius 2 is 2.16 bits per heavy atom. The molecule has 1 fully saturated rings. The van der Waals surface area contributed by atoms with Crippen LogP contribution in [0.25, 0.3) is 0 Å². The third-order valence-corrected chi connectivity index (χ3v) is 4.35. The fourth-order valence-electron chi connectivity index (χ4n) is 3.12. The Balaban J connectivity index is 1.68. The van der Waals surface area contributed by atoms with Crippen molar-refractivity contribution in [3.63, 3.8) is 0 Å². The molecule has 1 aromatic heterocycles. The lowest BCUT2D eigenvalue weighted by molar-refractivity contribution is -0.141. The van der Waals surface area contributed by atoms with E-state index < -0.39 is 17.7 Å². The molecule has 1 aliphatic rings. The van der Waals surface area contributed by atoms with Crippen LogP contribution >= 0.6 is 0 Å². The van der Waals surface area contributed by atoms with Crippen molar-refractivity contribution < 1.29 is 17.6 Å². The number of alkyl halides is 3. The number of halogens is 4. The minimum absolute atomic E-state index is 0.00413. The summed E-state index contributed by atoms with van der Waals surface area (Å²) in [6.07, 6.45) is -2.03. The van der Waals surface area contributed by atoms with Gasteiger partial charge in [-0.3, -0.25) is 4.90 Å². The highest BCUT2D eigenvalue weighted by Crippen LogP contribution is 2.31. The van der Waals surface area contributed by atoms with E-state index in [2.05, 4.69) is 14.9 Å². The van der Waals surface area contributed by atoms with Crippen molar-refractivity contribution in [1.29, 1.82) is 5.26 Å². The zero-order chi connectivity index (χ0) is 18.0. The SMILES string of the molecule is N#Cc1ccc(CN2CCC[C@@H](c3ncc(C(F)(F)F)[nH]3)C2)cc1F. The molecular weight excluding hydrogens is 336 g/mol. The zero-order valence-corrected chi connectivity index (χ0v) is 13.3. The summed E-state index contributed by atoms with van der Waals surface area (Å²) in [6.45, 7) is 1.81. The maximum atomic E-state index is 13.7. The molecule has 1 aliphatic heterocycles. The molecule has 1 aromatic carbocycles. The van der Waals surface area contributed by atoms with Crippen LogP contribution in [-0.4, -0.2) is 28.0 Å². The molecule has 4 nitrogen and oxygen atoms in total.